The molecule has 1 saturated carbocycles. The average Bonchev–Trinajstić information content (AvgIpc) is 2.92. The van der Waals surface area contributed by atoms with E-state index in [0.717, 1.165) is 23.8 Å². The number of hydrogen-bond donors (Lipinski definition) is 3. The molecule has 0 spiro atoms. The first-order valence-electron chi connectivity index (χ1n) is 9.82. The Bertz CT molecular complexity index is 853. The summed E-state index contributed by atoms with van der Waals surface area (Å²) in [6.45, 7) is 5.66. The number of ether oxygens (including phenoxy) is 2. The molecular formula is C20H27N3O6. The van der Waals surface area contributed by atoms with Crippen molar-refractivity contribution in [2.75, 3.05) is 5.32 Å². The second kappa shape index (κ2) is 8.53. The van der Waals surface area contributed by atoms with E-state index in [9.17, 15) is 19.8 Å². The van der Waals surface area contributed by atoms with E-state index >= 15 is 0 Å². The van der Waals surface area contributed by atoms with E-state index in [1.807, 2.05) is 13.8 Å². The predicted octanol–water partition coefficient (Wildman–Crippen LogP) is 1.24. The molecule has 29 heavy (non-hydrogen) atoms. The van der Waals surface area contributed by atoms with E-state index in [1.54, 1.807) is 6.92 Å². The van der Waals surface area contributed by atoms with Crippen LogP contribution in [0.2, 0.25) is 0 Å². The lowest BCUT2D eigenvalue weighted by atomic mass is 9.81. The molecule has 2 fully saturated rings. The molecule has 2 aliphatic rings. The van der Waals surface area contributed by atoms with Gasteiger partial charge < -0.3 is 19.7 Å². The third kappa shape index (κ3) is 4.29. The topological polar surface area (TPSA) is 123 Å². The number of amides is 1. The van der Waals surface area contributed by atoms with Crippen LogP contribution < -0.4 is 11.0 Å². The van der Waals surface area contributed by atoms with Crippen LogP contribution in [0, 0.1) is 24.2 Å². The van der Waals surface area contributed by atoms with Gasteiger partial charge in [0.15, 0.2) is 12.0 Å². The summed E-state index contributed by atoms with van der Waals surface area (Å²) in [5.74, 6) is 2.74. The van der Waals surface area contributed by atoms with Crippen molar-refractivity contribution in [2.45, 2.75) is 70.7 Å². The highest BCUT2D eigenvalue weighted by Gasteiger charge is 2.42. The quantitative estimate of drug-likeness (QED) is 0.647. The number of carbonyl (C=O) groups is 1. The van der Waals surface area contributed by atoms with Crippen LogP contribution in [0.1, 0.15) is 51.8 Å². The lowest BCUT2D eigenvalue weighted by Gasteiger charge is -2.33. The van der Waals surface area contributed by atoms with Gasteiger partial charge in [-0.25, -0.2) is 9.59 Å². The van der Waals surface area contributed by atoms with Gasteiger partial charge in [-0.1, -0.05) is 26.2 Å². The number of nitrogens with zero attached hydrogens (tertiary/aromatic N) is 2. The smallest absolute Gasteiger partial charge is 0.413 e. The van der Waals surface area contributed by atoms with Gasteiger partial charge in [0.05, 0.1) is 11.7 Å². The van der Waals surface area contributed by atoms with Crippen LogP contribution >= 0.6 is 0 Å². The van der Waals surface area contributed by atoms with Crippen molar-refractivity contribution < 1.29 is 24.5 Å². The summed E-state index contributed by atoms with van der Waals surface area (Å²) in [6, 6.07) is 0. The van der Waals surface area contributed by atoms with Crippen molar-refractivity contribution in [3.63, 3.8) is 0 Å². The molecule has 1 aliphatic carbocycles. The molecule has 1 aliphatic heterocycles. The summed E-state index contributed by atoms with van der Waals surface area (Å²) in [7, 11) is 0. The van der Waals surface area contributed by atoms with Crippen molar-refractivity contribution in [1.29, 1.82) is 0 Å². The minimum absolute atomic E-state index is 0.101. The molecule has 0 aromatic carbocycles. The molecular weight excluding hydrogens is 378 g/mol. The SMILES string of the molecule is C#Cc1cn([C@@H]2O[C@H](C)C(O)C2O)c(=O)nc1NC(=O)OC1C(C)CCCC1C. The maximum absolute atomic E-state index is 12.4. The van der Waals surface area contributed by atoms with E-state index in [0.29, 0.717) is 0 Å². The Morgan fingerprint density at radius 2 is 1.97 bits per heavy atom. The van der Waals surface area contributed by atoms with Gasteiger partial charge in [-0.3, -0.25) is 9.88 Å². The van der Waals surface area contributed by atoms with Crippen LogP contribution in [0.3, 0.4) is 0 Å². The van der Waals surface area contributed by atoms with Gasteiger partial charge in [0.25, 0.3) is 0 Å². The number of aromatic nitrogens is 2. The summed E-state index contributed by atoms with van der Waals surface area (Å²) >= 11 is 0. The number of carbonyl (C=O) groups excluding carboxylic acids is 1. The highest BCUT2D eigenvalue weighted by molar-refractivity contribution is 5.85. The van der Waals surface area contributed by atoms with Gasteiger partial charge in [-0.15, -0.1) is 6.42 Å². The summed E-state index contributed by atoms with van der Waals surface area (Å²) < 4.78 is 12.0. The Morgan fingerprint density at radius 3 is 2.52 bits per heavy atom. The van der Waals surface area contributed by atoms with Gasteiger partial charge >= 0.3 is 11.8 Å². The summed E-state index contributed by atoms with van der Waals surface area (Å²) in [5, 5.41) is 22.4. The molecule has 0 radical (unpaired) electrons. The first-order chi connectivity index (χ1) is 13.7. The van der Waals surface area contributed by atoms with Gasteiger partial charge in [-0.2, -0.15) is 4.98 Å². The number of aliphatic hydroxyl groups is 2. The van der Waals surface area contributed by atoms with E-state index in [-0.39, 0.29) is 29.3 Å². The molecule has 0 bridgehead atoms. The largest absolute Gasteiger partial charge is 0.445 e. The minimum atomic E-state index is -1.31. The van der Waals surface area contributed by atoms with Crippen molar-refractivity contribution >= 4 is 11.9 Å². The number of nitrogens with one attached hydrogen (secondary N) is 1. The van der Waals surface area contributed by atoms with Crippen molar-refractivity contribution in [2.24, 2.45) is 11.8 Å². The van der Waals surface area contributed by atoms with E-state index in [4.69, 9.17) is 15.9 Å². The molecule has 3 N–H and O–H groups in total. The van der Waals surface area contributed by atoms with E-state index < -0.39 is 36.3 Å². The first kappa shape index (κ1) is 21.3. The van der Waals surface area contributed by atoms with Crippen LogP contribution in [0.4, 0.5) is 10.6 Å². The standard InChI is InChI=1S/C20H27N3O6/c1-5-13-9-23(18-15(25)14(24)12(4)28-18)19(26)21-17(13)22-20(27)29-16-10(2)7-6-8-11(16)3/h1,9-12,14-16,18,24-25H,6-8H2,2-4H3,(H,21,22,26,27)/t10?,11?,12-,14?,15?,16?,18-/m1/s1. The molecule has 2 heterocycles. The van der Waals surface area contributed by atoms with Gasteiger partial charge in [0.1, 0.15) is 18.3 Å². The van der Waals surface area contributed by atoms with Crippen LogP contribution in [0.15, 0.2) is 11.0 Å². The highest BCUT2D eigenvalue weighted by Crippen LogP contribution is 2.32. The summed E-state index contributed by atoms with van der Waals surface area (Å²) in [6.07, 6.45) is 4.66. The maximum Gasteiger partial charge on any atom is 0.413 e. The molecule has 158 valence electrons. The number of aliphatic hydroxyl groups excluding tert-OH is 2. The Kier molecular flexibility index (Phi) is 6.27. The summed E-state index contributed by atoms with van der Waals surface area (Å²) in [5.41, 5.74) is -0.666. The molecule has 1 amide bonds. The third-order valence-electron chi connectivity index (χ3n) is 5.76. The van der Waals surface area contributed by atoms with Gasteiger partial charge in [0.2, 0.25) is 0 Å². The van der Waals surface area contributed by atoms with Crippen LogP contribution in [-0.2, 0) is 9.47 Å². The van der Waals surface area contributed by atoms with Crippen molar-refractivity contribution in [3.8, 4) is 12.3 Å². The molecule has 1 saturated heterocycles. The molecule has 6 atom stereocenters. The Labute approximate surface area is 169 Å². The van der Waals surface area contributed by atoms with Crippen molar-refractivity contribution in [1.82, 2.24) is 9.55 Å². The van der Waals surface area contributed by atoms with Gasteiger partial charge in [-0.05, 0) is 31.6 Å². The fourth-order valence-electron chi connectivity index (χ4n) is 4.04. The van der Waals surface area contributed by atoms with E-state index in [2.05, 4.69) is 16.2 Å². The maximum atomic E-state index is 12.4. The molecule has 9 nitrogen and oxygen atoms in total. The van der Waals surface area contributed by atoms with Crippen LogP contribution in [0.25, 0.3) is 0 Å². The Balaban J connectivity index is 1.78. The number of terminal acetylenes is 1. The molecule has 1 aromatic rings. The summed E-state index contributed by atoms with van der Waals surface area (Å²) in [4.78, 5) is 28.7. The predicted molar refractivity (Wildman–Crippen MR) is 104 cm³/mol. The lowest BCUT2D eigenvalue weighted by molar-refractivity contribution is -0.0350. The highest BCUT2D eigenvalue weighted by atomic mass is 16.6. The second-order valence-corrected chi connectivity index (χ2v) is 7.93. The zero-order valence-corrected chi connectivity index (χ0v) is 16.7. The average molecular weight is 405 g/mol. The molecule has 1 aromatic heterocycles. The molecule has 4 unspecified atom stereocenters. The number of rotatable bonds is 3. The normalized spacial score (nSPS) is 34.4. The number of anilines is 1. The Morgan fingerprint density at radius 1 is 1.31 bits per heavy atom. The molecule has 9 heteroatoms. The van der Waals surface area contributed by atoms with Crippen LogP contribution in [0.5, 0.6) is 0 Å². The zero-order chi connectivity index (χ0) is 21.3. The lowest BCUT2D eigenvalue weighted by Crippen LogP contribution is -2.37. The first-order valence-corrected chi connectivity index (χ1v) is 9.82. The fraction of sp³-hybridized carbons (Fsp3) is 0.650. The monoisotopic (exact) mass is 405 g/mol. The molecule has 3 rings (SSSR count). The number of hydrogen-bond acceptors (Lipinski definition) is 7. The second-order valence-electron chi connectivity index (χ2n) is 7.93. The van der Waals surface area contributed by atoms with E-state index in [1.165, 1.54) is 6.20 Å². The Hall–Kier alpha value is -2.41. The minimum Gasteiger partial charge on any atom is -0.445 e. The van der Waals surface area contributed by atoms with Gasteiger partial charge in [0, 0.05) is 6.20 Å². The zero-order valence-electron chi connectivity index (χ0n) is 16.7. The van der Waals surface area contributed by atoms with Crippen molar-refractivity contribution in [3.05, 3.63) is 22.2 Å². The van der Waals surface area contributed by atoms with Crippen LogP contribution in [-0.4, -0.2) is 50.3 Å². The fourth-order valence-corrected chi connectivity index (χ4v) is 4.04. The third-order valence-corrected chi connectivity index (χ3v) is 5.76.